The van der Waals surface area contributed by atoms with Crippen LogP contribution in [0.25, 0.3) is 0 Å². The predicted molar refractivity (Wildman–Crippen MR) is 66.4 cm³/mol. The fraction of sp³-hybridized carbons (Fsp3) is 0.333. The van der Waals surface area contributed by atoms with Crippen LogP contribution < -0.4 is 5.32 Å². The van der Waals surface area contributed by atoms with Crippen molar-refractivity contribution in [3.63, 3.8) is 0 Å². The molecule has 0 bridgehead atoms. The molecule has 0 aliphatic carbocycles. The zero-order valence-electron chi connectivity index (χ0n) is 10.1. The summed E-state index contributed by atoms with van der Waals surface area (Å²) in [7, 11) is 0. The van der Waals surface area contributed by atoms with Gasteiger partial charge < -0.3 is 15.5 Å². The van der Waals surface area contributed by atoms with Crippen LogP contribution in [0.2, 0.25) is 5.02 Å². The van der Waals surface area contributed by atoms with E-state index >= 15 is 0 Å². The molecule has 0 saturated heterocycles. The summed E-state index contributed by atoms with van der Waals surface area (Å²) in [5, 5.41) is 20.4. The van der Waals surface area contributed by atoms with Gasteiger partial charge in [-0.2, -0.15) is 0 Å². The molecular formula is C12H13ClFNO4. The molecule has 104 valence electrons. The highest BCUT2D eigenvalue weighted by molar-refractivity contribution is 6.31. The topological polar surface area (TPSA) is 86.6 Å². The lowest BCUT2D eigenvalue weighted by Gasteiger charge is -2.18. The second-order valence-electron chi connectivity index (χ2n) is 4.23. The Bertz CT molecular complexity index is 484. The maximum Gasteiger partial charge on any atom is 0.337 e. The van der Waals surface area contributed by atoms with Crippen molar-refractivity contribution < 1.29 is 24.2 Å². The first-order chi connectivity index (χ1) is 8.74. The number of carbonyl (C=O) groups excluding carboxylic acids is 1. The average molecular weight is 290 g/mol. The molecule has 0 fully saturated rings. The summed E-state index contributed by atoms with van der Waals surface area (Å²) in [6.45, 7) is 0.568. The van der Waals surface area contributed by atoms with Crippen molar-refractivity contribution in [2.24, 2.45) is 0 Å². The lowest BCUT2D eigenvalue weighted by atomic mass is 10.1. The Morgan fingerprint density at radius 3 is 2.63 bits per heavy atom. The molecule has 1 amide bonds. The maximum absolute atomic E-state index is 13.4. The molecular weight excluding hydrogens is 277 g/mol. The van der Waals surface area contributed by atoms with Crippen LogP contribution >= 0.6 is 11.6 Å². The number of halogens is 2. The van der Waals surface area contributed by atoms with Crippen molar-refractivity contribution in [1.82, 2.24) is 5.32 Å². The molecule has 3 N–H and O–H groups in total. The van der Waals surface area contributed by atoms with E-state index in [9.17, 15) is 19.1 Å². The minimum Gasteiger partial charge on any atom is -0.479 e. The third-order valence-corrected chi connectivity index (χ3v) is 2.84. The quantitative estimate of drug-likeness (QED) is 0.754. The molecule has 5 nitrogen and oxygen atoms in total. The second kappa shape index (κ2) is 5.99. The van der Waals surface area contributed by atoms with E-state index in [0.717, 1.165) is 6.92 Å². The lowest BCUT2D eigenvalue weighted by molar-refractivity contribution is -0.156. The van der Waals surface area contributed by atoms with E-state index < -0.39 is 29.8 Å². The Kier molecular flexibility index (Phi) is 4.85. The molecule has 0 heterocycles. The summed E-state index contributed by atoms with van der Waals surface area (Å²) >= 11 is 5.75. The van der Waals surface area contributed by atoms with Gasteiger partial charge in [-0.05, 0) is 19.1 Å². The van der Waals surface area contributed by atoms with Gasteiger partial charge in [-0.3, -0.25) is 4.79 Å². The van der Waals surface area contributed by atoms with Crippen molar-refractivity contribution in [3.8, 4) is 0 Å². The minimum absolute atomic E-state index is 0.0247. The van der Waals surface area contributed by atoms with Crippen molar-refractivity contribution >= 4 is 23.5 Å². The van der Waals surface area contributed by atoms with E-state index in [0.29, 0.717) is 0 Å². The van der Waals surface area contributed by atoms with Crippen LogP contribution in [-0.2, 0) is 16.0 Å². The zero-order chi connectivity index (χ0) is 14.6. The van der Waals surface area contributed by atoms with E-state index in [4.69, 9.17) is 16.7 Å². The zero-order valence-corrected chi connectivity index (χ0v) is 10.9. The van der Waals surface area contributed by atoms with E-state index in [2.05, 4.69) is 5.32 Å². The highest BCUT2D eigenvalue weighted by atomic mass is 35.5. The third-order valence-electron chi connectivity index (χ3n) is 2.49. The van der Waals surface area contributed by atoms with Gasteiger partial charge in [0, 0.05) is 10.6 Å². The Morgan fingerprint density at radius 1 is 1.47 bits per heavy atom. The number of amides is 1. The molecule has 1 atom stereocenters. The normalized spacial score (nSPS) is 13.7. The van der Waals surface area contributed by atoms with Gasteiger partial charge in [0.25, 0.3) is 0 Å². The fourth-order valence-corrected chi connectivity index (χ4v) is 1.50. The van der Waals surface area contributed by atoms with Crippen molar-refractivity contribution in [2.45, 2.75) is 18.9 Å². The number of carbonyl (C=O) groups is 2. The molecule has 1 aromatic rings. The van der Waals surface area contributed by atoms with Crippen LogP contribution in [0.1, 0.15) is 12.5 Å². The van der Waals surface area contributed by atoms with Crippen LogP contribution in [0.5, 0.6) is 0 Å². The Balaban J connectivity index is 2.64. The summed E-state index contributed by atoms with van der Waals surface area (Å²) in [6.07, 6.45) is -0.332. The van der Waals surface area contributed by atoms with Gasteiger partial charge in [-0.15, -0.1) is 0 Å². The van der Waals surface area contributed by atoms with Crippen molar-refractivity contribution in [2.75, 3.05) is 6.54 Å². The SMILES string of the molecule is CC(O)(CNC(=O)Cc1c(F)cccc1Cl)C(=O)O. The van der Waals surface area contributed by atoms with Gasteiger partial charge in [-0.25, -0.2) is 9.18 Å². The van der Waals surface area contributed by atoms with E-state index in [1.54, 1.807) is 0 Å². The van der Waals surface area contributed by atoms with Crippen molar-refractivity contribution in [1.29, 1.82) is 0 Å². The summed E-state index contributed by atoms with van der Waals surface area (Å²) in [5.41, 5.74) is -2.05. The summed E-state index contributed by atoms with van der Waals surface area (Å²) in [5.74, 6) is -2.71. The summed E-state index contributed by atoms with van der Waals surface area (Å²) < 4.78 is 13.4. The number of rotatable bonds is 5. The van der Waals surface area contributed by atoms with Crippen LogP contribution in [0.15, 0.2) is 18.2 Å². The van der Waals surface area contributed by atoms with Crippen LogP contribution in [0.3, 0.4) is 0 Å². The number of hydrogen-bond donors (Lipinski definition) is 3. The van der Waals surface area contributed by atoms with Crippen LogP contribution in [-0.4, -0.2) is 34.2 Å². The Morgan fingerprint density at radius 2 is 2.11 bits per heavy atom. The highest BCUT2D eigenvalue weighted by Crippen LogP contribution is 2.19. The number of aliphatic hydroxyl groups is 1. The molecule has 19 heavy (non-hydrogen) atoms. The minimum atomic E-state index is -2.07. The smallest absolute Gasteiger partial charge is 0.337 e. The number of hydrogen-bond acceptors (Lipinski definition) is 3. The fourth-order valence-electron chi connectivity index (χ4n) is 1.27. The Labute approximate surface area is 114 Å². The van der Waals surface area contributed by atoms with Gasteiger partial charge in [0.1, 0.15) is 5.82 Å². The van der Waals surface area contributed by atoms with Gasteiger partial charge in [0.15, 0.2) is 5.60 Å². The van der Waals surface area contributed by atoms with E-state index in [1.165, 1.54) is 18.2 Å². The standard InChI is InChI=1S/C12H13ClFNO4/c1-12(19,11(17)18)6-15-10(16)5-7-8(13)3-2-4-9(7)14/h2-4,19H,5-6H2,1H3,(H,15,16)(H,17,18). The average Bonchev–Trinajstić information content (AvgIpc) is 2.31. The largest absolute Gasteiger partial charge is 0.479 e. The van der Waals surface area contributed by atoms with Gasteiger partial charge in [0.2, 0.25) is 5.91 Å². The number of carboxylic acids is 1. The van der Waals surface area contributed by atoms with E-state index in [1.807, 2.05) is 0 Å². The van der Waals surface area contributed by atoms with Crippen molar-refractivity contribution in [3.05, 3.63) is 34.6 Å². The third kappa shape index (κ3) is 4.18. The first kappa shape index (κ1) is 15.4. The molecule has 0 aliphatic heterocycles. The first-order valence-electron chi connectivity index (χ1n) is 5.39. The molecule has 0 spiro atoms. The molecule has 0 radical (unpaired) electrons. The molecule has 1 unspecified atom stereocenters. The first-order valence-corrected chi connectivity index (χ1v) is 5.77. The summed E-state index contributed by atoms with van der Waals surface area (Å²) in [6, 6.07) is 4.02. The summed E-state index contributed by atoms with van der Waals surface area (Å²) in [4.78, 5) is 22.2. The maximum atomic E-state index is 13.4. The number of aliphatic carboxylic acids is 1. The predicted octanol–water partition coefficient (Wildman–Crippen LogP) is 0.973. The highest BCUT2D eigenvalue weighted by Gasteiger charge is 2.30. The second-order valence-corrected chi connectivity index (χ2v) is 4.64. The van der Waals surface area contributed by atoms with Crippen LogP contribution in [0.4, 0.5) is 4.39 Å². The van der Waals surface area contributed by atoms with Gasteiger partial charge in [0.05, 0.1) is 13.0 Å². The molecule has 7 heteroatoms. The molecule has 0 aromatic heterocycles. The molecule has 1 rings (SSSR count). The number of carboxylic acid groups (broad SMARTS) is 1. The molecule has 0 saturated carbocycles. The monoisotopic (exact) mass is 289 g/mol. The van der Waals surface area contributed by atoms with E-state index in [-0.39, 0.29) is 17.0 Å². The van der Waals surface area contributed by atoms with Crippen LogP contribution in [0, 0.1) is 5.82 Å². The number of benzene rings is 1. The molecule has 0 aliphatic rings. The van der Waals surface area contributed by atoms with Gasteiger partial charge in [-0.1, -0.05) is 17.7 Å². The Hall–Kier alpha value is -1.66. The lowest BCUT2D eigenvalue weighted by Crippen LogP contribution is -2.46. The number of nitrogens with one attached hydrogen (secondary N) is 1. The van der Waals surface area contributed by atoms with Gasteiger partial charge >= 0.3 is 5.97 Å². The molecule has 1 aromatic carbocycles.